The molecule has 2 rings (SSSR count). The quantitative estimate of drug-likeness (QED) is 0.455. The zero-order valence-corrected chi connectivity index (χ0v) is 13.9. The highest BCUT2D eigenvalue weighted by atomic mass is 79.9. The van der Waals surface area contributed by atoms with Crippen LogP contribution in [0, 0.1) is 10.1 Å². The molecular formula is C14H16BrClN2O3. The number of rotatable bonds is 3. The first-order valence-electron chi connectivity index (χ1n) is 6.76. The second-order valence-corrected chi connectivity index (χ2v) is 6.85. The van der Waals surface area contributed by atoms with Crippen molar-refractivity contribution in [2.45, 2.75) is 36.6 Å². The number of carbonyl (C=O) groups excluding carboxylic acids is 1. The molecule has 0 aromatic heterocycles. The van der Waals surface area contributed by atoms with Gasteiger partial charge in [-0.05, 0) is 18.9 Å². The molecule has 0 bridgehead atoms. The molecule has 21 heavy (non-hydrogen) atoms. The molecule has 2 atom stereocenters. The zero-order chi connectivity index (χ0) is 15.6. The Morgan fingerprint density at radius 3 is 2.67 bits per heavy atom. The number of hydrogen-bond donors (Lipinski definition) is 0. The average Bonchev–Trinajstić information content (AvgIpc) is 2.45. The van der Waals surface area contributed by atoms with Crippen molar-refractivity contribution in [1.82, 2.24) is 4.90 Å². The zero-order valence-electron chi connectivity index (χ0n) is 11.6. The normalized spacial score (nSPS) is 21.9. The fourth-order valence-corrected chi connectivity index (χ4v) is 3.83. The summed E-state index contributed by atoms with van der Waals surface area (Å²) < 4.78 is 0. The van der Waals surface area contributed by atoms with Gasteiger partial charge in [0.05, 0.1) is 4.92 Å². The van der Waals surface area contributed by atoms with Crippen molar-refractivity contribution in [3.8, 4) is 0 Å². The number of alkyl halides is 1. The van der Waals surface area contributed by atoms with E-state index in [1.807, 2.05) is 0 Å². The fraction of sp³-hybridized carbons (Fsp3) is 0.500. The third-order valence-electron chi connectivity index (χ3n) is 3.81. The molecule has 1 fully saturated rings. The highest BCUT2D eigenvalue weighted by molar-refractivity contribution is 9.09. The molecule has 2 unspecified atom stereocenters. The van der Waals surface area contributed by atoms with Crippen LogP contribution in [-0.2, 0) is 0 Å². The van der Waals surface area contributed by atoms with Crippen LogP contribution >= 0.6 is 27.5 Å². The van der Waals surface area contributed by atoms with E-state index in [-0.39, 0.29) is 33.0 Å². The van der Waals surface area contributed by atoms with Gasteiger partial charge in [0.25, 0.3) is 11.6 Å². The summed E-state index contributed by atoms with van der Waals surface area (Å²) in [6.45, 7) is 0. The molecule has 0 radical (unpaired) electrons. The molecule has 114 valence electrons. The SMILES string of the molecule is CN(C(=O)c1cc(Cl)cc([N+](=O)[O-])c1)C1CCCCC1Br. The maximum atomic E-state index is 12.5. The van der Waals surface area contributed by atoms with Crippen LogP contribution < -0.4 is 0 Å². The van der Waals surface area contributed by atoms with E-state index in [2.05, 4.69) is 15.9 Å². The average molecular weight is 376 g/mol. The minimum absolute atomic E-state index is 0.101. The summed E-state index contributed by atoms with van der Waals surface area (Å²) >= 11 is 9.49. The molecule has 0 N–H and O–H groups in total. The summed E-state index contributed by atoms with van der Waals surface area (Å²) in [7, 11) is 1.74. The molecule has 1 aliphatic rings. The third-order valence-corrected chi connectivity index (χ3v) is 5.09. The van der Waals surface area contributed by atoms with Gasteiger partial charge in [-0.15, -0.1) is 0 Å². The fourth-order valence-electron chi connectivity index (χ4n) is 2.66. The Hall–Kier alpha value is -1.14. The molecule has 1 saturated carbocycles. The molecule has 1 aromatic rings. The van der Waals surface area contributed by atoms with E-state index < -0.39 is 4.92 Å². The van der Waals surface area contributed by atoms with Crippen LogP contribution in [-0.4, -0.2) is 33.6 Å². The molecule has 1 aromatic carbocycles. The van der Waals surface area contributed by atoms with E-state index in [0.717, 1.165) is 25.7 Å². The van der Waals surface area contributed by atoms with Crippen LogP contribution in [0.5, 0.6) is 0 Å². The Morgan fingerprint density at radius 2 is 2.05 bits per heavy atom. The van der Waals surface area contributed by atoms with Crippen molar-refractivity contribution in [1.29, 1.82) is 0 Å². The van der Waals surface area contributed by atoms with E-state index in [0.29, 0.717) is 0 Å². The molecule has 1 aliphatic carbocycles. The van der Waals surface area contributed by atoms with Gasteiger partial charge < -0.3 is 4.90 Å². The van der Waals surface area contributed by atoms with Gasteiger partial charge in [-0.1, -0.05) is 40.4 Å². The predicted octanol–water partition coefficient (Wildman–Crippen LogP) is 4.03. The molecule has 7 heteroatoms. The molecule has 0 saturated heterocycles. The summed E-state index contributed by atoms with van der Waals surface area (Å²) in [6.07, 6.45) is 4.19. The van der Waals surface area contributed by atoms with Crippen molar-refractivity contribution in [3.63, 3.8) is 0 Å². The van der Waals surface area contributed by atoms with E-state index in [1.165, 1.54) is 18.2 Å². The van der Waals surface area contributed by atoms with E-state index in [9.17, 15) is 14.9 Å². The van der Waals surface area contributed by atoms with Gasteiger partial charge in [0.1, 0.15) is 0 Å². The Morgan fingerprint density at radius 1 is 1.38 bits per heavy atom. The largest absolute Gasteiger partial charge is 0.338 e. The van der Waals surface area contributed by atoms with E-state index in [1.54, 1.807) is 11.9 Å². The predicted molar refractivity (Wildman–Crippen MR) is 85.2 cm³/mol. The summed E-state index contributed by atoms with van der Waals surface area (Å²) in [5.41, 5.74) is 0.0836. The molecule has 0 heterocycles. The summed E-state index contributed by atoms with van der Waals surface area (Å²) in [5, 5.41) is 11.1. The van der Waals surface area contributed by atoms with E-state index in [4.69, 9.17) is 11.6 Å². The van der Waals surface area contributed by atoms with Gasteiger partial charge in [-0.2, -0.15) is 0 Å². The molecule has 0 aliphatic heterocycles. The van der Waals surface area contributed by atoms with Gasteiger partial charge in [0, 0.05) is 40.6 Å². The highest BCUT2D eigenvalue weighted by Crippen LogP contribution is 2.29. The van der Waals surface area contributed by atoms with Crippen LogP contribution in [0.4, 0.5) is 5.69 Å². The van der Waals surface area contributed by atoms with Crippen LogP contribution in [0.1, 0.15) is 36.0 Å². The minimum atomic E-state index is -0.545. The first-order chi connectivity index (χ1) is 9.90. The van der Waals surface area contributed by atoms with Crippen LogP contribution in [0.2, 0.25) is 5.02 Å². The summed E-state index contributed by atoms with van der Waals surface area (Å²) in [5.74, 6) is -0.239. The topological polar surface area (TPSA) is 63.5 Å². The third kappa shape index (κ3) is 3.74. The van der Waals surface area contributed by atoms with Gasteiger partial charge in [0.2, 0.25) is 0 Å². The lowest BCUT2D eigenvalue weighted by Crippen LogP contribution is -2.44. The van der Waals surface area contributed by atoms with Gasteiger partial charge in [0.15, 0.2) is 0 Å². The Bertz CT molecular complexity index is 567. The van der Waals surface area contributed by atoms with Gasteiger partial charge in [-0.3, -0.25) is 14.9 Å². The van der Waals surface area contributed by atoms with E-state index >= 15 is 0 Å². The second-order valence-electron chi connectivity index (χ2n) is 5.24. The second kappa shape index (κ2) is 6.75. The molecule has 5 nitrogen and oxygen atoms in total. The number of benzene rings is 1. The van der Waals surface area contributed by atoms with Crippen LogP contribution in [0.15, 0.2) is 18.2 Å². The smallest absolute Gasteiger partial charge is 0.271 e. The van der Waals surface area contributed by atoms with Gasteiger partial charge in [-0.25, -0.2) is 0 Å². The number of hydrogen-bond acceptors (Lipinski definition) is 3. The summed E-state index contributed by atoms with van der Waals surface area (Å²) in [6, 6.07) is 4.09. The Labute approximate surface area is 136 Å². The van der Waals surface area contributed by atoms with Crippen molar-refractivity contribution >= 4 is 39.1 Å². The number of non-ortho nitro benzene ring substituents is 1. The maximum absolute atomic E-state index is 12.5. The lowest BCUT2D eigenvalue weighted by atomic mass is 9.94. The lowest BCUT2D eigenvalue weighted by molar-refractivity contribution is -0.384. The first kappa shape index (κ1) is 16.2. The van der Waals surface area contributed by atoms with Gasteiger partial charge >= 0.3 is 0 Å². The number of amides is 1. The number of carbonyl (C=O) groups is 1. The Kier molecular flexibility index (Phi) is 5.22. The maximum Gasteiger partial charge on any atom is 0.271 e. The van der Waals surface area contributed by atoms with Crippen LogP contribution in [0.3, 0.4) is 0 Å². The lowest BCUT2D eigenvalue weighted by Gasteiger charge is -2.35. The van der Waals surface area contributed by atoms with Crippen molar-refractivity contribution < 1.29 is 9.72 Å². The molecule has 0 spiro atoms. The molecular weight excluding hydrogens is 360 g/mol. The van der Waals surface area contributed by atoms with Crippen LogP contribution in [0.25, 0.3) is 0 Å². The number of nitro groups is 1. The highest BCUT2D eigenvalue weighted by Gasteiger charge is 2.30. The number of nitrogens with zero attached hydrogens (tertiary/aromatic N) is 2. The monoisotopic (exact) mass is 374 g/mol. The minimum Gasteiger partial charge on any atom is -0.338 e. The van der Waals surface area contributed by atoms with Crippen molar-refractivity contribution in [2.75, 3.05) is 7.05 Å². The number of halogens is 2. The standard InChI is InChI=1S/C14H16BrClN2O3/c1-17(13-5-3-2-4-12(13)15)14(19)9-6-10(16)8-11(7-9)18(20)21/h6-8,12-13H,2-5H2,1H3. The number of nitro benzene ring substituents is 1. The van der Waals surface area contributed by atoms with Crippen molar-refractivity contribution in [3.05, 3.63) is 38.9 Å². The van der Waals surface area contributed by atoms with Crippen molar-refractivity contribution in [2.24, 2.45) is 0 Å². The molecule has 1 amide bonds. The Balaban J connectivity index is 2.24. The summed E-state index contributed by atoms with van der Waals surface area (Å²) in [4.78, 5) is 24.8. The first-order valence-corrected chi connectivity index (χ1v) is 8.05.